The molecule has 0 aromatic carbocycles. The Morgan fingerprint density at radius 1 is 1.23 bits per heavy atom. The molecule has 1 fully saturated rings. The van der Waals surface area contributed by atoms with Crippen molar-refractivity contribution in [1.29, 1.82) is 0 Å². The van der Waals surface area contributed by atoms with E-state index < -0.39 is 15.3 Å². The summed E-state index contributed by atoms with van der Waals surface area (Å²) in [7, 11) is -3.25. The van der Waals surface area contributed by atoms with Crippen molar-refractivity contribution >= 4 is 21.7 Å². The van der Waals surface area contributed by atoms with Gasteiger partial charge in [-0.3, -0.25) is 0 Å². The van der Waals surface area contributed by atoms with E-state index in [0.717, 1.165) is 18.5 Å². The van der Waals surface area contributed by atoms with Crippen LogP contribution in [0.1, 0.15) is 44.1 Å². The minimum absolute atomic E-state index is 0.0725. The zero-order chi connectivity index (χ0) is 18.7. The molecule has 1 saturated heterocycles. The zero-order valence-electron chi connectivity index (χ0n) is 15.4. The molecule has 0 saturated carbocycles. The summed E-state index contributed by atoms with van der Waals surface area (Å²) in [4.78, 5) is 13.2. The predicted molar refractivity (Wildman–Crippen MR) is 102 cm³/mol. The fourth-order valence-corrected chi connectivity index (χ4v) is 4.51. The van der Waals surface area contributed by atoms with Crippen LogP contribution in [-0.4, -0.2) is 46.0 Å². The Balaban J connectivity index is 1.82. The number of pyridine rings is 1. The van der Waals surface area contributed by atoms with Gasteiger partial charge in [0.2, 0.25) is 10.0 Å². The van der Waals surface area contributed by atoms with Gasteiger partial charge in [0, 0.05) is 31.3 Å². The van der Waals surface area contributed by atoms with E-state index in [2.05, 4.69) is 20.3 Å². The summed E-state index contributed by atoms with van der Waals surface area (Å²) in [5, 5.41) is 2.78. The molecule has 1 aliphatic heterocycles. The summed E-state index contributed by atoms with van der Waals surface area (Å²) in [6, 6.07) is 7.53. The van der Waals surface area contributed by atoms with Crippen LogP contribution in [0.3, 0.4) is 0 Å². The highest BCUT2D eigenvalue weighted by molar-refractivity contribution is 7.89. The lowest BCUT2D eigenvalue weighted by Crippen LogP contribution is -2.42. The van der Waals surface area contributed by atoms with Crippen molar-refractivity contribution in [1.82, 2.24) is 19.3 Å². The Morgan fingerprint density at radius 3 is 2.73 bits per heavy atom. The molecule has 0 bridgehead atoms. The van der Waals surface area contributed by atoms with Crippen molar-refractivity contribution in [2.24, 2.45) is 0 Å². The van der Waals surface area contributed by atoms with E-state index in [1.165, 1.54) is 0 Å². The van der Waals surface area contributed by atoms with Crippen LogP contribution in [0.4, 0.5) is 11.6 Å². The van der Waals surface area contributed by atoms with Crippen molar-refractivity contribution in [3.05, 3.63) is 42.0 Å². The van der Waals surface area contributed by atoms with E-state index in [4.69, 9.17) is 0 Å². The number of nitrogens with one attached hydrogen (secondary N) is 1. The standard InChI is InChI=1S/C18H25N5O2S/c1-13(2)26(24,25)23-10-6-7-15(12-23)16-11-18(21-14(3)20-16)22-17-8-4-5-9-19-17/h4-5,8-9,11,13,15H,6-7,10,12H2,1-3H3,(H,19,20,21,22)/t15-/m0/s1. The van der Waals surface area contributed by atoms with Crippen LogP contribution < -0.4 is 5.32 Å². The molecule has 2 aromatic rings. The summed E-state index contributed by atoms with van der Waals surface area (Å²) in [6.07, 6.45) is 3.47. The van der Waals surface area contributed by atoms with Crippen LogP contribution in [0.5, 0.6) is 0 Å². The molecule has 0 amide bonds. The first-order chi connectivity index (χ1) is 12.4. The molecule has 1 atom stereocenters. The average Bonchev–Trinajstić information content (AvgIpc) is 2.62. The third kappa shape index (κ3) is 4.19. The molecule has 0 unspecified atom stereocenters. The van der Waals surface area contributed by atoms with Gasteiger partial charge in [0.15, 0.2) is 0 Å². The number of aromatic nitrogens is 3. The van der Waals surface area contributed by atoms with Crippen LogP contribution in [0.15, 0.2) is 30.5 Å². The summed E-state index contributed by atoms with van der Waals surface area (Å²) >= 11 is 0. The van der Waals surface area contributed by atoms with Gasteiger partial charge in [0.25, 0.3) is 0 Å². The maximum atomic E-state index is 12.5. The van der Waals surface area contributed by atoms with Gasteiger partial charge in [-0.2, -0.15) is 0 Å². The van der Waals surface area contributed by atoms with Crippen molar-refractivity contribution in [2.45, 2.75) is 44.8 Å². The lowest BCUT2D eigenvalue weighted by molar-refractivity contribution is 0.310. The fourth-order valence-electron chi connectivity index (χ4n) is 3.14. The Morgan fingerprint density at radius 2 is 2.04 bits per heavy atom. The number of anilines is 2. The van der Waals surface area contributed by atoms with Gasteiger partial charge in [0.1, 0.15) is 17.5 Å². The molecule has 0 radical (unpaired) electrons. The van der Waals surface area contributed by atoms with Crippen LogP contribution in [0, 0.1) is 6.92 Å². The summed E-state index contributed by atoms with van der Waals surface area (Å²) < 4.78 is 26.6. The van der Waals surface area contributed by atoms with Crippen molar-refractivity contribution in [2.75, 3.05) is 18.4 Å². The number of rotatable bonds is 5. The molecule has 2 aromatic heterocycles. The summed E-state index contributed by atoms with van der Waals surface area (Å²) in [5.41, 5.74) is 0.875. The van der Waals surface area contributed by atoms with E-state index in [0.29, 0.717) is 30.5 Å². The van der Waals surface area contributed by atoms with Gasteiger partial charge in [-0.05, 0) is 45.7 Å². The molecule has 1 N–H and O–H groups in total. The molecule has 140 valence electrons. The van der Waals surface area contributed by atoms with E-state index in [9.17, 15) is 8.42 Å². The monoisotopic (exact) mass is 375 g/mol. The van der Waals surface area contributed by atoms with Crippen LogP contribution in [-0.2, 0) is 10.0 Å². The quantitative estimate of drug-likeness (QED) is 0.864. The first kappa shape index (κ1) is 18.7. The highest BCUT2D eigenvalue weighted by atomic mass is 32.2. The number of sulfonamides is 1. The molecular weight excluding hydrogens is 350 g/mol. The van der Waals surface area contributed by atoms with E-state index in [1.54, 1.807) is 24.3 Å². The normalized spacial score (nSPS) is 18.8. The van der Waals surface area contributed by atoms with Crippen LogP contribution in [0.25, 0.3) is 0 Å². The number of nitrogens with zero attached hydrogens (tertiary/aromatic N) is 4. The highest BCUT2D eigenvalue weighted by Gasteiger charge is 2.32. The lowest BCUT2D eigenvalue weighted by atomic mass is 9.96. The smallest absolute Gasteiger partial charge is 0.216 e. The Bertz CT molecular complexity index is 855. The highest BCUT2D eigenvalue weighted by Crippen LogP contribution is 2.29. The van der Waals surface area contributed by atoms with Crippen molar-refractivity contribution in [3.8, 4) is 0 Å². The van der Waals surface area contributed by atoms with Gasteiger partial charge in [-0.1, -0.05) is 6.07 Å². The minimum atomic E-state index is -3.25. The Labute approximate surface area is 154 Å². The fraction of sp³-hybridized carbons (Fsp3) is 0.500. The molecule has 8 heteroatoms. The second-order valence-electron chi connectivity index (χ2n) is 6.86. The van der Waals surface area contributed by atoms with Crippen molar-refractivity contribution in [3.63, 3.8) is 0 Å². The predicted octanol–water partition coefficient (Wildman–Crippen LogP) is 2.84. The topological polar surface area (TPSA) is 88.1 Å². The Hall–Kier alpha value is -2.06. The first-order valence-corrected chi connectivity index (χ1v) is 10.4. The molecule has 7 nitrogen and oxygen atoms in total. The molecule has 0 aliphatic carbocycles. The van der Waals surface area contributed by atoms with Gasteiger partial charge < -0.3 is 5.32 Å². The maximum Gasteiger partial charge on any atom is 0.216 e. The van der Waals surface area contributed by atoms with Crippen LogP contribution in [0.2, 0.25) is 0 Å². The van der Waals surface area contributed by atoms with E-state index in [1.807, 2.05) is 31.2 Å². The molecule has 3 rings (SSSR count). The second kappa shape index (κ2) is 7.67. The molecular formula is C18H25N5O2S. The molecule has 3 heterocycles. The Kier molecular flexibility index (Phi) is 5.52. The second-order valence-corrected chi connectivity index (χ2v) is 9.35. The average molecular weight is 375 g/mol. The first-order valence-electron chi connectivity index (χ1n) is 8.89. The minimum Gasteiger partial charge on any atom is -0.325 e. The van der Waals surface area contributed by atoms with Crippen LogP contribution >= 0.6 is 0 Å². The van der Waals surface area contributed by atoms with Gasteiger partial charge in [0.05, 0.1) is 10.9 Å². The van der Waals surface area contributed by atoms with Gasteiger partial charge in [-0.25, -0.2) is 27.7 Å². The van der Waals surface area contributed by atoms with E-state index in [-0.39, 0.29) is 5.92 Å². The van der Waals surface area contributed by atoms with Crippen molar-refractivity contribution < 1.29 is 8.42 Å². The number of aryl methyl sites for hydroxylation is 1. The third-order valence-corrected chi connectivity index (χ3v) is 6.78. The SMILES string of the molecule is Cc1nc(Nc2ccccn2)cc([C@H]2CCCN(S(=O)(=O)C(C)C)C2)n1. The number of piperidine rings is 1. The molecule has 26 heavy (non-hydrogen) atoms. The summed E-state index contributed by atoms with van der Waals surface area (Å²) in [5.74, 6) is 2.12. The number of hydrogen-bond donors (Lipinski definition) is 1. The largest absolute Gasteiger partial charge is 0.325 e. The molecule has 1 aliphatic rings. The summed E-state index contributed by atoms with van der Waals surface area (Å²) in [6.45, 7) is 6.35. The van der Waals surface area contributed by atoms with Gasteiger partial charge in [-0.15, -0.1) is 0 Å². The zero-order valence-corrected chi connectivity index (χ0v) is 16.2. The van der Waals surface area contributed by atoms with Gasteiger partial charge >= 0.3 is 0 Å². The third-order valence-electron chi connectivity index (χ3n) is 4.54. The molecule has 0 spiro atoms. The lowest BCUT2D eigenvalue weighted by Gasteiger charge is -2.33. The van der Waals surface area contributed by atoms with E-state index >= 15 is 0 Å². The maximum absolute atomic E-state index is 12.5. The number of hydrogen-bond acceptors (Lipinski definition) is 6.